The van der Waals surface area contributed by atoms with Gasteiger partial charge in [-0.25, -0.2) is 4.79 Å². The molecule has 1 aromatic heterocycles. The second-order valence-electron chi connectivity index (χ2n) is 8.02. The van der Waals surface area contributed by atoms with Gasteiger partial charge < -0.3 is 36.7 Å². The summed E-state index contributed by atoms with van der Waals surface area (Å²) >= 11 is 0. The number of methoxy groups -OCH3 is 1. The van der Waals surface area contributed by atoms with Crippen LogP contribution in [0.5, 0.6) is 17.2 Å². The van der Waals surface area contributed by atoms with Gasteiger partial charge in [0.05, 0.1) is 19.1 Å². The number of carbonyl (C=O) groups is 1. The molecule has 4 aromatic rings. The van der Waals surface area contributed by atoms with Crippen LogP contribution >= 0.6 is 0 Å². The van der Waals surface area contributed by atoms with Crippen LogP contribution in [-0.2, 0) is 22.5 Å². The molecule has 4 rings (SSSR count). The van der Waals surface area contributed by atoms with Gasteiger partial charge in [-0.05, 0) is 49.7 Å². The summed E-state index contributed by atoms with van der Waals surface area (Å²) in [6.07, 6.45) is -0.167. The van der Waals surface area contributed by atoms with Gasteiger partial charge in [-0.3, -0.25) is 4.79 Å². The minimum absolute atomic E-state index is 0. The Bertz CT molecular complexity index is 1400. The van der Waals surface area contributed by atoms with Crippen LogP contribution in [0.15, 0.2) is 69.9 Å². The molecule has 0 aliphatic heterocycles. The third-order valence-corrected chi connectivity index (χ3v) is 5.83. The van der Waals surface area contributed by atoms with Gasteiger partial charge in [0.15, 0.2) is 0 Å². The van der Waals surface area contributed by atoms with Crippen molar-refractivity contribution < 1.29 is 41.5 Å². The Morgan fingerprint density at radius 1 is 1.00 bits per heavy atom. The Kier molecular flexibility index (Phi) is 8.17. The van der Waals surface area contributed by atoms with Crippen molar-refractivity contribution >= 4 is 22.6 Å². The first-order chi connectivity index (χ1) is 16.4. The van der Waals surface area contributed by atoms with Crippen LogP contribution in [0.1, 0.15) is 22.3 Å². The van der Waals surface area contributed by atoms with Crippen molar-refractivity contribution in [2.45, 2.75) is 26.8 Å². The summed E-state index contributed by atoms with van der Waals surface area (Å²) in [5.74, 6) is 1.07. The molecule has 0 saturated heterocycles. The maximum atomic E-state index is 12.4. The van der Waals surface area contributed by atoms with E-state index in [1.54, 1.807) is 19.9 Å². The van der Waals surface area contributed by atoms with Gasteiger partial charge in [0, 0.05) is 28.6 Å². The van der Waals surface area contributed by atoms with E-state index in [0.29, 0.717) is 34.2 Å². The van der Waals surface area contributed by atoms with E-state index in [1.165, 1.54) is 7.11 Å². The second-order valence-corrected chi connectivity index (χ2v) is 8.02. The van der Waals surface area contributed by atoms with Crippen LogP contribution in [0.25, 0.3) is 11.0 Å². The number of esters is 1. The molecule has 0 aliphatic carbocycles. The monoisotopic (exact) mass is 495 g/mol. The average Bonchev–Trinajstić information content (AvgIpc) is 2.85. The molecular weight excluding hydrogens is 470 g/mol. The molecule has 8 heteroatoms. The molecule has 0 saturated carbocycles. The first kappa shape index (κ1) is 25.8. The van der Waals surface area contributed by atoms with E-state index in [2.05, 4.69) is 0 Å². The van der Waals surface area contributed by atoms with Crippen LogP contribution in [0.4, 0.5) is 5.69 Å². The van der Waals surface area contributed by atoms with E-state index in [-0.39, 0.29) is 30.1 Å². The lowest BCUT2D eigenvalue weighted by Gasteiger charge is -2.13. The fraction of sp³-hybridized carbons (Fsp3) is 0.185. The molecule has 1 heterocycles. The van der Waals surface area contributed by atoms with Gasteiger partial charge in [-0.2, -0.15) is 0 Å². The summed E-state index contributed by atoms with van der Waals surface area (Å²) in [6.45, 7) is 3.94. The molecular formula is C27H26ClNO6. The van der Waals surface area contributed by atoms with Crippen molar-refractivity contribution in [3.63, 3.8) is 0 Å². The average molecular weight is 496 g/mol. The highest BCUT2D eigenvalue weighted by molar-refractivity contribution is 5.87. The molecule has 0 bridgehead atoms. The minimum atomic E-state index is -0.602. The Balaban J connectivity index is 0.00000342. The van der Waals surface area contributed by atoms with E-state index in [9.17, 15) is 14.7 Å². The number of aromatic hydroxyl groups is 1. The SMILES string of the molecule is COC(=O)Cc1c(C)c2cc(C[NH2+]c3ccc(Oc4ccccc4)cc3)c(O)c(C)c2oc1=O.[Cl-]. The van der Waals surface area contributed by atoms with Gasteiger partial charge in [0.1, 0.15) is 35.1 Å². The number of aryl methyl sites for hydroxylation is 2. The Morgan fingerprint density at radius 3 is 2.31 bits per heavy atom. The number of benzene rings is 3. The summed E-state index contributed by atoms with van der Waals surface area (Å²) in [6, 6.07) is 19.0. The summed E-state index contributed by atoms with van der Waals surface area (Å²) in [4.78, 5) is 24.2. The molecule has 0 spiro atoms. The van der Waals surface area contributed by atoms with Crippen LogP contribution in [-0.4, -0.2) is 18.2 Å². The van der Waals surface area contributed by atoms with Crippen LogP contribution in [0.3, 0.4) is 0 Å². The van der Waals surface area contributed by atoms with Crippen molar-refractivity contribution in [3.05, 3.63) is 93.3 Å². The predicted octanol–water partition coefficient (Wildman–Crippen LogP) is 1.02. The quantitative estimate of drug-likeness (QED) is 0.225. The van der Waals surface area contributed by atoms with E-state index in [4.69, 9.17) is 13.9 Å². The fourth-order valence-corrected chi connectivity index (χ4v) is 3.84. The minimum Gasteiger partial charge on any atom is -1.00 e. The molecule has 0 radical (unpaired) electrons. The van der Waals surface area contributed by atoms with Crippen LogP contribution in [0, 0.1) is 13.8 Å². The molecule has 3 aromatic carbocycles. The van der Waals surface area contributed by atoms with E-state index in [0.717, 1.165) is 17.2 Å². The fourth-order valence-electron chi connectivity index (χ4n) is 3.84. The van der Waals surface area contributed by atoms with Crippen molar-refractivity contribution in [2.75, 3.05) is 7.11 Å². The van der Waals surface area contributed by atoms with Crippen molar-refractivity contribution in [3.8, 4) is 17.2 Å². The molecule has 0 fully saturated rings. The third-order valence-electron chi connectivity index (χ3n) is 5.83. The first-order valence-electron chi connectivity index (χ1n) is 10.9. The van der Waals surface area contributed by atoms with E-state index >= 15 is 0 Å². The van der Waals surface area contributed by atoms with Crippen LogP contribution < -0.4 is 28.1 Å². The van der Waals surface area contributed by atoms with Gasteiger partial charge in [0.25, 0.3) is 0 Å². The zero-order valence-corrected chi connectivity index (χ0v) is 20.4. The maximum absolute atomic E-state index is 12.4. The molecule has 182 valence electrons. The molecule has 35 heavy (non-hydrogen) atoms. The van der Waals surface area contributed by atoms with Gasteiger partial charge >= 0.3 is 11.6 Å². The molecule has 0 atom stereocenters. The number of quaternary nitrogens is 1. The highest BCUT2D eigenvalue weighted by atomic mass is 35.5. The number of carbonyl (C=O) groups excluding carboxylic acids is 1. The Hall–Kier alpha value is -3.81. The summed E-state index contributed by atoms with van der Waals surface area (Å²) in [5, 5.41) is 13.4. The highest BCUT2D eigenvalue weighted by Crippen LogP contribution is 2.32. The van der Waals surface area contributed by atoms with Gasteiger partial charge in [0.2, 0.25) is 0 Å². The topological polar surface area (TPSA) is 103 Å². The third kappa shape index (κ3) is 5.65. The normalized spacial score (nSPS) is 10.6. The van der Waals surface area contributed by atoms with Crippen molar-refractivity contribution in [1.82, 2.24) is 0 Å². The van der Waals surface area contributed by atoms with Gasteiger partial charge in [-0.1, -0.05) is 18.2 Å². The lowest BCUT2D eigenvalue weighted by molar-refractivity contribution is -0.588. The number of hydrogen-bond acceptors (Lipinski definition) is 6. The smallest absolute Gasteiger partial charge is 0.340 e. The second kappa shape index (κ2) is 11.1. The Labute approximate surface area is 208 Å². The highest BCUT2D eigenvalue weighted by Gasteiger charge is 2.20. The molecule has 3 N–H and O–H groups in total. The summed E-state index contributed by atoms with van der Waals surface area (Å²) < 4.78 is 16.0. The number of hydrogen-bond donors (Lipinski definition) is 2. The predicted molar refractivity (Wildman–Crippen MR) is 128 cm³/mol. The van der Waals surface area contributed by atoms with Gasteiger partial charge in [-0.15, -0.1) is 0 Å². The number of phenols is 1. The summed E-state index contributed by atoms with van der Waals surface area (Å²) in [5.41, 5.74) is 2.76. The standard InChI is InChI=1S/C27H25NO6.ClH/c1-16-22-13-18(25(30)17(2)26(22)34-27(31)23(16)14-24(29)32-3)15-28-19-9-11-21(12-10-19)33-20-7-5-4-6-8-20;/h4-13,28,30H,14-15H2,1-3H3;1H. The molecule has 7 nitrogen and oxygen atoms in total. The van der Waals surface area contributed by atoms with Crippen molar-refractivity contribution in [2.24, 2.45) is 0 Å². The van der Waals surface area contributed by atoms with E-state index < -0.39 is 11.6 Å². The number of halogens is 1. The van der Waals surface area contributed by atoms with Crippen molar-refractivity contribution in [1.29, 1.82) is 0 Å². The van der Waals surface area contributed by atoms with E-state index in [1.807, 2.05) is 59.9 Å². The zero-order valence-electron chi connectivity index (χ0n) is 19.6. The zero-order chi connectivity index (χ0) is 24.2. The number of rotatable bonds is 7. The first-order valence-corrected chi connectivity index (χ1v) is 10.9. The lowest BCUT2D eigenvalue weighted by atomic mass is 9.98. The lowest BCUT2D eigenvalue weighted by Crippen LogP contribution is -3.00. The molecule has 0 amide bonds. The molecule has 0 unspecified atom stereocenters. The van der Waals surface area contributed by atoms with Crippen LogP contribution in [0.2, 0.25) is 0 Å². The largest absolute Gasteiger partial charge is 1.00 e. The number of nitrogens with two attached hydrogens (primary N) is 1. The molecule has 0 aliphatic rings. The Morgan fingerprint density at radius 2 is 1.66 bits per heavy atom. The number of fused-ring (bicyclic) bond motifs is 1. The number of phenolic OH excluding ortho intramolecular Hbond substituents is 1. The number of ether oxygens (including phenoxy) is 2. The summed E-state index contributed by atoms with van der Waals surface area (Å²) in [7, 11) is 1.27. The number of para-hydroxylation sites is 1. The maximum Gasteiger partial charge on any atom is 0.340 e.